The number of aryl methyl sites for hydroxylation is 1. The van der Waals surface area contributed by atoms with Crippen LogP contribution in [0.25, 0.3) is 0 Å². The Morgan fingerprint density at radius 3 is 2.94 bits per heavy atom. The molecule has 1 fully saturated rings. The second-order valence-corrected chi connectivity index (χ2v) is 4.59. The third kappa shape index (κ3) is 2.64. The second kappa shape index (κ2) is 4.84. The summed E-state index contributed by atoms with van der Waals surface area (Å²) in [5.74, 6) is 0.710. The van der Waals surface area contributed by atoms with Crippen molar-refractivity contribution in [2.24, 2.45) is 0 Å². The number of pyridine rings is 1. The Hall–Kier alpha value is -1.42. The molecule has 0 aromatic carbocycles. The van der Waals surface area contributed by atoms with E-state index < -0.39 is 0 Å². The summed E-state index contributed by atoms with van der Waals surface area (Å²) in [4.78, 5) is 17.8. The third-order valence-electron chi connectivity index (χ3n) is 3.32. The van der Waals surface area contributed by atoms with E-state index in [0.29, 0.717) is 24.0 Å². The number of likely N-dealkylation sites (tertiary alicyclic amines) is 1. The molecule has 0 spiro atoms. The number of aromatic nitrogens is 1. The fraction of sp³-hybridized carbons (Fsp3) is 0.538. The number of Topliss-reactive ketones (excluding diaryl/α,β-unsaturated/α-hetero) is 1. The fourth-order valence-electron chi connectivity index (χ4n) is 1.92. The van der Waals surface area contributed by atoms with Gasteiger partial charge in [0.05, 0.1) is 6.20 Å². The SMILES string of the molecule is CC(=O)c1cc(OCC2CCN2C)cnc1C. The fourth-order valence-corrected chi connectivity index (χ4v) is 1.92. The van der Waals surface area contributed by atoms with Crippen LogP contribution in [0.1, 0.15) is 29.4 Å². The Bertz CT molecular complexity index is 431. The molecule has 1 atom stereocenters. The highest BCUT2D eigenvalue weighted by molar-refractivity contribution is 5.95. The van der Waals surface area contributed by atoms with Crippen LogP contribution >= 0.6 is 0 Å². The molecule has 0 bridgehead atoms. The van der Waals surface area contributed by atoms with E-state index in [1.54, 1.807) is 19.2 Å². The van der Waals surface area contributed by atoms with Gasteiger partial charge >= 0.3 is 0 Å². The lowest BCUT2D eigenvalue weighted by atomic mass is 10.1. The van der Waals surface area contributed by atoms with E-state index in [1.807, 2.05) is 6.92 Å². The topological polar surface area (TPSA) is 42.4 Å². The Morgan fingerprint density at radius 2 is 2.41 bits per heavy atom. The molecule has 92 valence electrons. The first-order chi connectivity index (χ1) is 8.08. The summed E-state index contributed by atoms with van der Waals surface area (Å²) in [7, 11) is 2.09. The van der Waals surface area contributed by atoms with E-state index >= 15 is 0 Å². The van der Waals surface area contributed by atoms with E-state index in [1.165, 1.54) is 6.42 Å². The zero-order chi connectivity index (χ0) is 12.4. The van der Waals surface area contributed by atoms with Gasteiger partial charge in [-0.25, -0.2) is 0 Å². The Labute approximate surface area is 102 Å². The first-order valence-corrected chi connectivity index (χ1v) is 5.88. The number of carbonyl (C=O) groups excluding carboxylic acids is 1. The Morgan fingerprint density at radius 1 is 1.65 bits per heavy atom. The molecule has 4 heteroatoms. The quantitative estimate of drug-likeness (QED) is 0.743. The molecule has 0 aliphatic carbocycles. The maximum absolute atomic E-state index is 11.4. The molecule has 1 saturated heterocycles. The molecule has 1 aliphatic rings. The normalized spacial score (nSPS) is 19.8. The van der Waals surface area contributed by atoms with E-state index in [2.05, 4.69) is 16.9 Å². The van der Waals surface area contributed by atoms with E-state index in [4.69, 9.17) is 4.74 Å². The maximum atomic E-state index is 11.4. The van der Waals surface area contributed by atoms with Gasteiger partial charge in [0.1, 0.15) is 12.4 Å². The molecule has 1 aromatic rings. The summed E-state index contributed by atoms with van der Waals surface area (Å²) >= 11 is 0. The lowest BCUT2D eigenvalue weighted by Gasteiger charge is -2.37. The first kappa shape index (κ1) is 12.0. The van der Waals surface area contributed by atoms with Crippen LogP contribution in [0, 0.1) is 6.92 Å². The molecule has 0 N–H and O–H groups in total. The van der Waals surface area contributed by atoms with Gasteiger partial charge in [0.25, 0.3) is 0 Å². The summed E-state index contributed by atoms with van der Waals surface area (Å²) in [6.07, 6.45) is 2.86. The number of hydrogen-bond acceptors (Lipinski definition) is 4. The van der Waals surface area contributed by atoms with Crippen molar-refractivity contribution >= 4 is 5.78 Å². The minimum Gasteiger partial charge on any atom is -0.490 e. The second-order valence-electron chi connectivity index (χ2n) is 4.59. The largest absolute Gasteiger partial charge is 0.490 e. The highest BCUT2D eigenvalue weighted by Gasteiger charge is 2.24. The van der Waals surface area contributed by atoms with Crippen LogP contribution in [0.4, 0.5) is 0 Å². The highest BCUT2D eigenvalue weighted by Crippen LogP contribution is 2.19. The molecule has 2 heterocycles. The summed E-state index contributed by atoms with van der Waals surface area (Å²) in [6.45, 7) is 5.19. The zero-order valence-electron chi connectivity index (χ0n) is 10.6. The highest BCUT2D eigenvalue weighted by atomic mass is 16.5. The lowest BCUT2D eigenvalue weighted by molar-refractivity contribution is 0.0766. The molecule has 2 rings (SSSR count). The minimum atomic E-state index is 0.0289. The van der Waals surface area contributed by atoms with Crippen LogP contribution in [0.2, 0.25) is 0 Å². The van der Waals surface area contributed by atoms with Crippen molar-refractivity contribution in [1.29, 1.82) is 0 Å². The summed E-state index contributed by atoms with van der Waals surface area (Å²) in [6, 6.07) is 2.28. The number of rotatable bonds is 4. The van der Waals surface area contributed by atoms with Crippen LogP contribution < -0.4 is 4.74 Å². The van der Waals surface area contributed by atoms with E-state index in [0.717, 1.165) is 12.2 Å². The average molecular weight is 234 g/mol. The van der Waals surface area contributed by atoms with E-state index in [9.17, 15) is 4.79 Å². The van der Waals surface area contributed by atoms with Crippen LogP contribution in [-0.2, 0) is 0 Å². The van der Waals surface area contributed by atoms with Gasteiger partial charge in [-0.2, -0.15) is 0 Å². The van der Waals surface area contributed by atoms with Gasteiger partial charge in [-0.1, -0.05) is 0 Å². The predicted octanol–water partition coefficient (Wildman–Crippen LogP) is 1.68. The molecule has 17 heavy (non-hydrogen) atoms. The number of hydrogen-bond donors (Lipinski definition) is 0. The molecular formula is C13H18N2O2. The first-order valence-electron chi connectivity index (χ1n) is 5.88. The zero-order valence-corrected chi connectivity index (χ0v) is 10.6. The van der Waals surface area contributed by atoms with Crippen LogP contribution in [-0.4, -0.2) is 41.9 Å². The number of ether oxygens (including phenoxy) is 1. The lowest BCUT2D eigenvalue weighted by Crippen LogP contribution is -2.48. The van der Waals surface area contributed by atoms with Crippen LogP contribution in [0.3, 0.4) is 0 Å². The van der Waals surface area contributed by atoms with Crippen molar-refractivity contribution in [2.45, 2.75) is 26.3 Å². The van der Waals surface area contributed by atoms with Crippen LogP contribution in [0.15, 0.2) is 12.3 Å². The molecule has 4 nitrogen and oxygen atoms in total. The van der Waals surface area contributed by atoms with Gasteiger partial charge in [-0.05, 0) is 39.9 Å². The molecule has 0 saturated carbocycles. The molecule has 0 amide bonds. The van der Waals surface area contributed by atoms with E-state index in [-0.39, 0.29) is 5.78 Å². The smallest absolute Gasteiger partial charge is 0.161 e. The van der Waals surface area contributed by atoms with Crippen molar-refractivity contribution in [3.63, 3.8) is 0 Å². The van der Waals surface area contributed by atoms with Gasteiger partial charge in [0.2, 0.25) is 0 Å². The maximum Gasteiger partial charge on any atom is 0.161 e. The summed E-state index contributed by atoms with van der Waals surface area (Å²) in [5.41, 5.74) is 1.40. The molecule has 1 aromatic heterocycles. The number of ketones is 1. The van der Waals surface area contributed by atoms with Gasteiger partial charge in [-0.3, -0.25) is 14.7 Å². The van der Waals surface area contributed by atoms with Gasteiger partial charge < -0.3 is 4.74 Å². The molecular weight excluding hydrogens is 216 g/mol. The van der Waals surface area contributed by atoms with Crippen molar-refractivity contribution in [2.75, 3.05) is 20.2 Å². The Balaban J connectivity index is 2.01. The number of carbonyl (C=O) groups is 1. The van der Waals surface area contributed by atoms with Crippen molar-refractivity contribution < 1.29 is 9.53 Å². The average Bonchev–Trinajstić information content (AvgIpc) is 2.29. The van der Waals surface area contributed by atoms with Gasteiger partial charge in [0.15, 0.2) is 5.78 Å². The third-order valence-corrected chi connectivity index (χ3v) is 3.32. The summed E-state index contributed by atoms with van der Waals surface area (Å²) in [5, 5.41) is 0. The molecule has 0 radical (unpaired) electrons. The predicted molar refractivity (Wildman–Crippen MR) is 65.5 cm³/mol. The summed E-state index contributed by atoms with van der Waals surface area (Å²) < 4.78 is 5.67. The number of nitrogens with zero attached hydrogens (tertiary/aromatic N) is 2. The number of likely N-dealkylation sites (N-methyl/N-ethyl adjacent to an activating group) is 1. The molecule has 1 unspecified atom stereocenters. The molecule has 1 aliphatic heterocycles. The van der Waals surface area contributed by atoms with Crippen LogP contribution in [0.5, 0.6) is 5.75 Å². The van der Waals surface area contributed by atoms with Crippen molar-refractivity contribution in [1.82, 2.24) is 9.88 Å². The minimum absolute atomic E-state index is 0.0289. The van der Waals surface area contributed by atoms with Crippen molar-refractivity contribution in [3.8, 4) is 5.75 Å². The monoisotopic (exact) mass is 234 g/mol. The van der Waals surface area contributed by atoms with Gasteiger partial charge in [-0.15, -0.1) is 0 Å². The van der Waals surface area contributed by atoms with Gasteiger partial charge in [0, 0.05) is 17.3 Å². The standard InChI is InChI=1S/C13H18N2O2/c1-9-13(10(2)16)6-12(7-14-9)17-8-11-4-5-15(11)3/h6-7,11H,4-5,8H2,1-3H3. The Kier molecular flexibility index (Phi) is 3.43. The van der Waals surface area contributed by atoms with Crippen molar-refractivity contribution in [3.05, 3.63) is 23.5 Å².